The minimum absolute atomic E-state index is 0.0618. The fourth-order valence-corrected chi connectivity index (χ4v) is 1.89. The van der Waals surface area contributed by atoms with Gasteiger partial charge < -0.3 is 15.8 Å². The van der Waals surface area contributed by atoms with E-state index in [0.717, 1.165) is 25.9 Å². The molecule has 17 heavy (non-hydrogen) atoms. The fourth-order valence-electron chi connectivity index (χ4n) is 1.89. The molecule has 0 spiro atoms. The lowest BCUT2D eigenvalue weighted by atomic mass is 9.87. The molecular formula is C13H26N2O2. The maximum absolute atomic E-state index is 11.8. The van der Waals surface area contributed by atoms with Gasteiger partial charge in [0.05, 0.1) is 12.1 Å². The van der Waals surface area contributed by atoms with Crippen molar-refractivity contribution in [2.75, 3.05) is 13.2 Å². The summed E-state index contributed by atoms with van der Waals surface area (Å²) in [6.45, 7) is 7.44. The highest BCUT2D eigenvalue weighted by atomic mass is 16.5. The molecule has 0 radical (unpaired) electrons. The van der Waals surface area contributed by atoms with Gasteiger partial charge in [-0.15, -0.1) is 0 Å². The highest BCUT2D eigenvalue weighted by molar-refractivity contribution is 5.82. The molecule has 3 N–H and O–H groups in total. The smallest absolute Gasteiger partial charge is 0.237 e. The van der Waals surface area contributed by atoms with Crippen LogP contribution >= 0.6 is 0 Å². The molecule has 1 amide bonds. The predicted octanol–water partition coefficient (Wildman–Crippen LogP) is 1.44. The van der Waals surface area contributed by atoms with Crippen LogP contribution in [0.1, 0.15) is 46.5 Å². The molecule has 1 aliphatic heterocycles. The van der Waals surface area contributed by atoms with Crippen LogP contribution in [-0.2, 0) is 9.53 Å². The Bertz CT molecular complexity index is 242. The molecule has 1 fully saturated rings. The van der Waals surface area contributed by atoms with Gasteiger partial charge in [0.1, 0.15) is 0 Å². The molecule has 2 unspecified atom stereocenters. The Balaban J connectivity index is 2.19. The number of ether oxygens (including phenoxy) is 1. The second-order valence-electron chi connectivity index (χ2n) is 5.91. The number of rotatable bonds is 4. The first kappa shape index (κ1) is 14.5. The van der Waals surface area contributed by atoms with E-state index in [1.807, 2.05) is 20.8 Å². The number of carbonyl (C=O) groups is 1. The van der Waals surface area contributed by atoms with Crippen molar-refractivity contribution in [1.29, 1.82) is 0 Å². The maximum Gasteiger partial charge on any atom is 0.237 e. The summed E-state index contributed by atoms with van der Waals surface area (Å²) in [5.41, 5.74) is 5.68. The third-order valence-corrected chi connectivity index (χ3v) is 3.26. The summed E-state index contributed by atoms with van der Waals surface area (Å²) in [6, 6.07) is -0.449. The van der Waals surface area contributed by atoms with Crippen LogP contribution < -0.4 is 11.1 Å². The Labute approximate surface area is 104 Å². The van der Waals surface area contributed by atoms with Crippen molar-refractivity contribution in [1.82, 2.24) is 5.32 Å². The summed E-state index contributed by atoms with van der Waals surface area (Å²) in [5, 5.41) is 2.89. The zero-order chi connectivity index (χ0) is 12.9. The van der Waals surface area contributed by atoms with Crippen molar-refractivity contribution >= 4 is 5.91 Å². The molecular weight excluding hydrogens is 216 g/mol. The van der Waals surface area contributed by atoms with Gasteiger partial charge in [0.25, 0.3) is 0 Å². The molecule has 0 saturated carbocycles. The first-order valence-corrected chi connectivity index (χ1v) is 6.56. The van der Waals surface area contributed by atoms with E-state index in [0.29, 0.717) is 12.6 Å². The number of hydrogen-bond acceptors (Lipinski definition) is 3. The highest BCUT2D eigenvalue weighted by Crippen LogP contribution is 2.17. The molecule has 0 aliphatic carbocycles. The Morgan fingerprint density at radius 3 is 2.71 bits per heavy atom. The molecule has 0 aromatic heterocycles. The molecule has 1 saturated heterocycles. The predicted molar refractivity (Wildman–Crippen MR) is 68.6 cm³/mol. The van der Waals surface area contributed by atoms with Crippen molar-refractivity contribution in [3.63, 3.8) is 0 Å². The van der Waals surface area contributed by atoms with Crippen LogP contribution in [0.5, 0.6) is 0 Å². The van der Waals surface area contributed by atoms with Crippen LogP contribution in [0.2, 0.25) is 0 Å². The number of nitrogens with one attached hydrogen (secondary N) is 1. The van der Waals surface area contributed by atoms with Crippen molar-refractivity contribution in [2.45, 2.75) is 58.6 Å². The zero-order valence-electron chi connectivity index (χ0n) is 11.3. The summed E-state index contributed by atoms with van der Waals surface area (Å²) >= 11 is 0. The molecule has 0 aromatic carbocycles. The third kappa shape index (κ3) is 5.04. The van der Waals surface area contributed by atoms with Gasteiger partial charge in [-0.25, -0.2) is 0 Å². The summed E-state index contributed by atoms with van der Waals surface area (Å²) in [7, 11) is 0. The molecule has 4 heteroatoms. The van der Waals surface area contributed by atoms with Crippen molar-refractivity contribution < 1.29 is 9.53 Å². The number of nitrogens with two attached hydrogens (primary N) is 1. The Morgan fingerprint density at radius 1 is 1.47 bits per heavy atom. The first-order chi connectivity index (χ1) is 7.91. The van der Waals surface area contributed by atoms with Crippen LogP contribution in [0.4, 0.5) is 0 Å². The van der Waals surface area contributed by atoms with Crippen LogP contribution in [0.15, 0.2) is 0 Å². The molecule has 100 valence electrons. The van der Waals surface area contributed by atoms with E-state index in [9.17, 15) is 4.79 Å². The highest BCUT2D eigenvalue weighted by Gasteiger charge is 2.27. The summed E-state index contributed by atoms with van der Waals surface area (Å²) < 4.78 is 5.60. The summed E-state index contributed by atoms with van der Waals surface area (Å²) in [5.74, 6) is -0.0618. The van der Waals surface area contributed by atoms with Gasteiger partial charge in [0.2, 0.25) is 5.91 Å². The van der Waals surface area contributed by atoms with Gasteiger partial charge in [-0.05, 0) is 31.1 Å². The lowest BCUT2D eigenvalue weighted by Gasteiger charge is -2.27. The Kier molecular flexibility index (Phi) is 5.40. The van der Waals surface area contributed by atoms with E-state index >= 15 is 0 Å². The zero-order valence-corrected chi connectivity index (χ0v) is 11.3. The minimum Gasteiger partial charge on any atom is -0.378 e. The van der Waals surface area contributed by atoms with Gasteiger partial charge in [-0.1, -0.05) is 20.8 Å². The van der Waals surface area contributed by atoms with E-state index < -0.39 is 6.04 Å². The number of amides is 1. The standard InChI is InChI=1S/C13H26N2O2/c1-13(2,3)11(14)12(16)15-8-7-10-6-4-5-9-17-10/h10-11H,4-9,14H2,1-3H3,(H,15,16). The average Bonchev–Trinajstić information content (AvgIpc) is 2.28. The van der Waals surface area contributed by atoms with E-state index in [4.69, 9.17) is 10.5 Å². The Hall–Kier alpha value is -0.610. The molecule has 1 rings (SSSR count). The van der Waals surface area contributed by atoms with Crippen LogP contribution in [0.25, 0.3) is 0 Å². The van der Waals surface area contributed by atoms with E-state index in [-0.39, 0.29) is 11.3 Å². The van der Waals surface area contributed by atoms with Crippen LogP contribution in [-0.4, -0.2) is 31.2 Å². The minimum atomic E-state index is -0.449. The number of hydrogen-bond donors (Lipinski definition) is 2. The van der Waals surface area contributed by atoms with E-state index in [1.165, 1.54) is 6.42 Å². The molecule has 0 aromatic rings. The normalized spacial score (nSPS) is 23.2. The van der Waals surface area contributed by atoms with Gasteiger partial charge in [0, 0.05) is 13.2 Å². The second-order valence-corrected chi connectivity index (χ2v) is 5.91. The van der Waals surface area contributed by atoms with Crippen molar-refractivity contribution in [3.8, 4) is 0 Å². The number of carbonyl (C=O) groups excluding carboxylic acids is 1. The topological polar surface area (TPSA) is 64.4 Å². The SMILES string of the molecule is CC(C)(C)C(N)C(=O)NCCC1CCCCO1. The summed E-state index contributed by atoms with van der Waals surface area (Å²) in [4.78, 5) is 11.8. The second kappa shape index (κ2) is 6.36. The lowest BCUT2D eigenvalue weighted by molar-refractivity contribution is -0.124. The fraction of sp³-hybridized carbons (Fsp3) is 0.923. The van der Waals surface area contributed by atoms with Crippen LogP contribution in [0, 0.1) is 5.41 Å². The quantitative estimate of drug-likeness (QED) is 0.784. The largest absolute Gasteiger partial charge is 0.378 e. The van der Waals surface area contributed by atoms with Crippen molar-refractivity contribution in [2.24, 2.45) is 11.1 Å². The average molecular weight is 242 g/mol. The molecule has 2 atom stereocenters. The van der Waals surface area contributed by atoms with Gasteiger partial charge in [0.15, 0.2) is 0 Å². The third-order valence-electron chi connectivity index (χ3n) is 3.26. The van der Waals surface area contributed by atoms with Gasteiger partial charge in [-0.2, -0.15) is 0 Å². The van der Waals surface area contributed by atoms with Crippen molar-refractivity contribution in [3.05, 3.63) is 0 Å². The van der Waals surface area contributed by atoms with Gasteiger partial charge in [-0.3, -0.25) is 4.79 Å². The maximum atomic E-state index is 11.8. The first-order valence-electron chi connectivity index (χ1n) is 6.56. The molecule has 4 nitrogen and oxygen atoms in total. The monoisotopic (exact) mass is 242 g/mol. The van der Waals surface area contributed by atoms with E-state index in [2.05, 4.69) is 5.32 Å². The Morgan fingerprint density at radius 2 is 2.18 bits per heavy atom. The molecule has 1 heterocycles. The summed E-state index contributed by atoms with van der Waals surface area (Å²) in [6.07, 6.45) is 4.72. The molecule has 1 aliphatic rings. The van der Waals surface area contributed by atoms with Gasteiger partial charge >= 0.3 is 0 Å². The lowest BCUT2D eigenvalue weighted by Crippen LogP contribution is -2.49. The van der Waals surface area contributed by atoms with E-state index in [1.54, 1.807) is 0 Å². The van der Waals surface area contributed by atoms with Crippen LogP contribution in [0.3, 0.4) is 0 Å². The molecule has 0 bridgehead atoms.